The number of carbonyl (C=O) groups is 1. The highest BCUT2D eigenvalue weighted by Crippen LogP contribution is 2.30. The van der Waals surface area contributed by atoms with Gasteiger partial charge < -0.3 is 5.73 Å². The number of benzene rings is 4. The molecule has 2 heterocycles. The number of hydrogen-bond acceptors (Lipinski definition) is 7. The predicted octanol–water partition coefficient (Wildman–Crippen LogP) is 8.83. The van der Waals surface area contributed by atoms with Crippen molar-refractivity contribution in [1.29, 1.82) is 0 Å². The number of halogens is 2. The molecular formula is C42H40F2N8O. The lowest BCUT2D eigenvalue weighted by Gasteiger charge is -2.25. The van der Waals surface area contributed by atoms with Gasteiger partial charge in [-0.25, -0.2) is 23.6 Å². The quantitative estimate of drug-likeness (QED) is 0.133. The SMILES string of the molecule is CC(C)(CCc1cnc(-c2cccc(C(N)=O)c2)nn1)c1ccc(F)cc1.[C-]#[N+]c1cccc(-c2ncc(CCC(C)(C)c3ccc(F)cc3)nn2)c1. The molecule has 11 heteroatoms. The largest absolute Gasteiger partial charge is 0.366 e. The molecule has 0 aliphatic rings. The van der Waals surface area contributed by atoms with Crippen LogP contribution in [-0.2, 0) is 23.7 Å². The van der Waals surface area contributed by atoms with Crippen molar-refractivity contribution in [1.82, 2.24) is 30.4 Å². The number of aromatic nitrogens is 6. The van der Waals surface area contributed by atoms with E-state index in [1.165, 1.54) is 24.3 Å². The van der Waals surface area contributed by atoms with Crippen LogP contribution in [0.3, 0.4) is 0 Å². The van der Waals surface area contributed by atoms with Gasteiger partial charge in [0.1, 0.15) is 11.6 Å². The summed E-state index contributed by atoms with van der Waals surface area (Å²) in [5.41, 5.74) is 11.3. The second kappa shape index (κ2) is 16.8. The minimum absolute atomic E-state index is 0.0992. The van der Waals surface area contributed by atoms with Gasteiger partial charge >= 0.3 is 0 Å². The second-order valence-corrected chi connectivity index (χ2v) is 13.9. The Morgan fingerprint density at radius 1 is 0.660 bits per heavy atom. The summed E-state index contributed by atoms with van der Waals surface area (Å²) in [5.74, 6) is -0.000699. The van der Waals surface area contributed by atoms with Crippen molar-refractivity contribution in [2.45, 2.75) is 64.2 Å². The molecule has 6 aromatic rings. The van der Waals surface area contributed by atoms with E-state index in [9.17, 15) is 13.6 Å². The molecule has 0 saturated carbocycles. The van der Waals surface area contributed by atoms with Crippen LogP contribution in [0.4, 0.5) is 14.5 Å². The predicted molar refractivity (Wildman–Crippen MR) is 201 cm³/mol. The molecule has 1 amide bonds. The van der Waals surface area contributed by atoms with Crippen LogP contribution in [0.5, 0.6) is 0 Å². The van der Waals surface area contributed by atoms with Gasteiger partial charge in [0.15, 0.2) is 17.3 Å². The third-order valence-corrected chi connectivity index (χ3v) is 9.12. The topological polar surface area (TPSA) is 125 Å². The number of nitrogens with zero attached hydrogens (tertiary/aromatic N) is 7. The first kappa shape index (κ1) is 38.0. The zero-order valence-electron chi connectivity index (χ0n) is 30.1. The molecule has 2 N–H and O–H groups in total. The third kappa shape index (κ3) is 10.4. The molecule has 0 aliphatic heterocycles. The first-order valence-electron chi connectivity index (χ1n) is 17.1. The van der Waals surface area contributed by atoms with Gasteiger partial charge in [0.05, 0.1) is 30.4 Å². The van der Waals surface area contributed by atoms with Crippen molar-refractivity contribution < 1.29 is 13.6 Å². The fourth-order valence-corrected chi connectivity index (χ4v) is 5.59. The number of carbonyl (C=O) groups excluding carboxylic acids is 1. The van der Waals surface area contributed by atoms with Gasteiger partial charge in [-0.15, -0.1) is 10.2 Å². The van der Waals surface area contributed by atoms with Crippen LogP contribution in [0.1, 0.15) is 73.4 Å². The number of rotatable bonds is 11. The molecule has 6 rings (SSSR count). The second-order valence-electron chi connectivity index (χ2n) is 13.9. The van der Waals surface area contributed by atoms with Crippen molar-refractivity contribution in [3.63, 3.8) is 0 Å². The highest BCUT2D eigenvalue weighted by molar-refractivity contribution is 5.93. The van der Waals surface area contributed by atoms with Crippen LogP contribution >= 0.6 is 0 Å². The van der Waals surface area contributed by atoms with Crippen LogP contribution in [-0.4, -0.2) is 36.3 Å². The number of amides is 1. The zero-order valence-corrected chi connectivity index (χ0v) is 30.1. The van der Waals surface area contributed by atoms with Gasteiger partial charge in [0, 0.05) is 16.7 Å². The minimum Gasteiger partial charge on any atom is -0.366 e. The molecule has 268 valence electrons. The molecule has 0 saturated heterocycles. The summed E-state index contributed by atoms with van der Waals surface area (Å²) in [6.45, 7) is 15.6. The Bertz CT molecular complexity index is 2180. The summed E-state index contributed by atoms with van der Waals surface area (Å²) in [4.78, 5) is 23.5. The number of aryl methyl sites for hydroxylation is 2. The van der Waals surface area contributed by atoms with Gasteiger partial charge in [-0.2, -0.15) is 10.2 Å². The first-order valence-corrected chi connectivity index (χ1v) is 17.1. The van der Waals surface area contributed by atoms with E-state index in [2.05, 4.69) is 62.9 Å². The molecule has 0 unspecified atom stereocenters. The van der Waals surface area contributed by atoms with E-state index >= 15 is 0 Å². The van der Waals surface area contributed by atoms with Crippen LogP contribution in [0.25, 0.3) is 27.6 Å². The van der Waals surface area contributed by atoms with Gasteiger partial charge in [-0.1, -0.05) is 82.3 Å². The van der Waals surface area contributed by atoms with Crippen LogP contribution in [0.2, 0.25) is 0 Å². The van der Waals surface area contributed by atoms with Crippen molar-refractivity contribution in [2.75, 3.05) is 0 Å². The summed E-state index contributed by atoms with van der Waals surface area (Å²) in [6.07, 6.45) is 6.53. The van der Waals surface area contributed by atoms with Gasteiger partial charge in [0.25, 0.3) is 0 Å². The van der Waals surface area contributed by atoms with Crippen molar-refractivity contribution in [3.05, 3.63) is 161 Å². The fraction of sp³-hybridized carbons (Fsp3) is 0.238. The third-order valence-electron chi connectivity index (χ3n) is 9.12. The van der Waals surface area contributed by atoms with Gasteiger partial charge in [0.2, 0.25) is 5.91 Å². The minimum atomic E-state index is -0.496. The Balaban J connectivity index is 0.000000204. The molecule has 0 fully saturated rings. The summed E-state index contributed by atoms with van der Waals surface area (Å²) in [5, 5.41) is 16.9. The summed E-state index contributed by atoms with van der Waals surface area (Å²) in [7, 11) is 0. The van der Waals surface area contributed by atoms with E-state index in [1.54, 1.807) is 48.8 Å². The average Bonchev–Trinajstić information content (AvgIpc) is 3.17. The molecule has 0 radical (unpaired) electrons. The Labute approximate surface area is 308 Å². The standard InChI is InChI=1S/C21H21FN4O.C21H19FN4/c1-21(2,16-6-8-17(22)9-7-16)11-10-18-13-24-20(26-25-18)15-5-3-4-14(12-15)19(23)27;1-21(2,16-7-9-17(22)10-8-16)12-11-19-14-24-20(26-25-19)15-5-4-6-18(13-15)23-3/h3-9,12-13H,10-11H2,1-2H3,(H2,23,27);4-10,13-14H,11-12H2,1-2H3. The lowest BCUT2D eigenvalue weighted by Crippen LogP contribution is -2.18. The van der Waals surface area contributed by atoms with E-state index in [0.717, 1.165) is 47.3 Å². The van der Waals surface area contributed by atoms with Gasteiger partial charge in [-0.3, -0.25) is 4.79 Å². The van der Waals surface area contributed by atoms with Crippen LogP contribution in [0, 0.1) is 18.2 Å². The molecule has 0 aliphatic carbocycles. The molecule has 0 atom stereocenters. The van der Waals surface area contributed by atoms with Gasteiger partial charge in [-0.05, 0) is 90.1 Å². The maximum absolute atomic E-state index is 13.1. The highest BCUT2D eigenvalue weighted by atomic mass is 19.1. The molecular weight excluding hydrogens is 671 g/mol. The molecule has 0 bridgehead atoms. The maximum atomic E-state index is 13.1. The molecule has 9 nitrogen and oxygen atoms in total. The number of hydrogen-bond donors (Lipinski definition) is 1. The van der Waals surface area contributed by atoms with Crippen molar-refractivity contribution in [2.24, 2.45) is 5.73 Å². The summed E-state index contributed by atoms with van der Waals surface area (Å²) >= 11 is 0. The van der Waals surface area contributed by atoms with Crippen molar-refractivity contribution >= 4 is 11.6 Å². The normalized spacial score (nSPS) is 11.3. The fourth-order valence-electron chi connectivity index (χ4n) is 5.59. The Kier molecular flexibility index (Phi) is 12.1. The molecule has 2 aromatic heterocycles. The average molecular weight is 711 g/mol. The zero-order chi connectivity index (χ0) is 38.0. The van der Waals surface area contributed by atoms with Crippen molar-refractivity contribution in [3.8, 4) is 22.8 Å². The first-order chi connectivity index (χ1) is 25.3. The Hall–Kier alpha value is -6.28. The smallest absolute Gasteiger partial charge is 0.248 e. The van der Waals surface area contributed by atoms with E-state index < -0.39 is 5.91 Å². The van der Waals surface area contributed by atoms with E-state index in [-0.39, 0.29) is 22.5 Å². The number of nitrogens with two attached hydrogens (primary N) is 1. The summed E-state index contributed by atoms with van der Waals surface area (Å²) < 4.78 is 26.2. The number of primary amides is 1. The van der Waals surface area contributed by atoms with Crippen LogP contribution < -0.4 is 5.73 Å². The Morgan fingerprint density at radius 3 is 1.53 bits per heavy atom. The Morgan fingerprint density at radius 2 is 1.11 bits per heavy atom. The van der Waals surface area contributed by atoms with E-state index in [1.807, 2.05) is 36.4 Å². The monoisotopic (exact) mass is 710 g/mol. The van der Waals surface area contributed by atoms with E-state index in [0.29, 0.717) is 34.9 Å². The lowest BCUT2D eigenvalue weighted by atomic mass is 9.80. The molecule has 53 heavy (non-hydrogen) atoms. The molecule has 4 aromatic carbocycles. The summed E-state index contributed by atoms with van der Waals surface area (Å²) in [6, 6.07) is 27.2. The van der Waals surface area contributed by atoms with Crippen LogP contribution in [0.15, 0.2) is 109 Å². The highest BCUT2D eigenvalue weighted by Gasteiger charge is 2.22. The molecule has 0 spiro atoms. The van der Waals surface area contributed by atoms with E-state index in [4.69, 9.17) is 12.3 Å². The maximum Gasteiger partial charge on any atom is 0.248 e. The lowest BCUT2D eigenvalue weighted by molar-refractivity contribution is 0.100.